The molecule has 1 aromatic rings. The fraction of sp³-hybridized carbons (Fsp3) is 0.571. The largest absolute Gasteiger partial charge is 0.494 e. The summed E-state index contributed by atoms with van der Waals surface area (Å²) >= 11 is 0. The molecular formula is C14H22BO4P. The van der Waals surface area contributed by atoms with Gasteiger partial charge in [0.05, 0.1) is 11.2 Å². The molecule has 110 valence electrons. The molecule has 0 saturated carbocycles. The van der Waals surface area contributed by atoms with Gasteiger partial charge in [-0.25, -0.2) is 0 Å². The van der Waals surface area contributed by atoms with Crippen molar-refractivity contribution in [1.82, 2.24) is 0 Å². The maximum Gasteiger partial charge on any atom is 0.494 e. The second kappa shape index (κ2) is 5.74. The highest BCUT2D eigenvalue weighted by molar-refractivity contribution is 7.55. The van der Waals surface area contributed by atoms with Gasteiger partial charge in [-0.15, -0.1) is 0 Å². The fourth-order valence-electron chi connectivity index (χ4n) is 2.02. The molecule has 1 heterocycles. The van der Waals surface area contributed by atoms with E-state index in [-0.39, 0.29) is 18.3 Å². The van der Waals surface area contributed by atoms with E-state index in [9.17, 15) is 0 Å². The van der Waals surface area contributed by atoms with Gasteiger partial charge in [-0.3, -0.25) is 0 Å². The molecule has 0 amide bonds. The number of rotatable bonds is 4. The van der Waals surface area contributed by atoms with Crippen LogP contribution in [0.4, 0.5) is 0 Å². The van der Waals surface area contributed by atoms with Gasteiger partial charge in [-0.1, -0.05) is 24.3 Å². The maximum atomic E-state index is 6.02. The van der Waals surface area contributed by atoms with Crippen LogP contribution in [-0.4, -0.2) is 32.5 Å². The Morgan fingerprint density at radius 1 is 0.900 bits per heavy atom. The molecule has 0 atom stereocenters. The summed E-state index contributed by atoms with van der Waals surface area (Å²) in [5.74, 6) is 0. The Kier molecular flexibility index (Phi) is 4.58. The normalized spacial score (nSPS) is 20.6. The zero-order valence-corrected chi connectivity index (χ0v) is 13.9. The molecule has 0 spiro atoms. The summed E-state index contributed by atoms with van der Waals surface area (Å²) in [5.41, 5.74) is 0.374. The maximum absolute atomic E-state index is 6.02. The average Bonchev–Trinajstić information content (AvgIpc) is 2.61. The molecule has 20 heavy (non-hydrogen) atoms. The quantitative estimate of drug-likeness (QED) is 0.630. The van der Waals surface area contributed by atoms with Gasteiger partial charge in [0.2, 0.25) is 8.38 Å². The van der Waals surface area contributed by atoms with E-state index in [1.165, 1.54) is 0 Å². The molecule has 1 fully saturated rings. The SMILES string of the molecule is COP(OC)c1ccc(B2OC(C)(C)C(C)(C)O2)cc1. The second-order valence-corrected chi connectivity index (χ2v) is 7.56. The molecule has 0 aromatic heterocycles. The minimum absolute atomic E-state index is 0.317. The smallest absolute Gasteiger partial charge is 0.399 e. The van der Waals surface area contributed by atoms with Crippen LogP contribution in [0.5, 0.6) is 0 Å². The first-order valence-corrected chi connectivity index (χ1v) is 7.82. The van der Waals surface area contributed by atoms with Crippen LogP contribution >= 0.6 is 8.38 Å². The molecule has 0 aliphatic carbocycles. The van der Waals surface area contributed by atoms with Crippen LogP contribution in [0.25, 0.3) is 0 Å². The highest BCUT2D eigenvalue weighted by Gasteiger charge is 2.51. The molecule has 1 aliphatic heterocycles. The van der Waals surface area contributed by atoms with Gasteiger partial charge in [0.25, 0.3) is 0 Å². The summed E-state index contributed by atoms with van der Waals surface area (Å²) in [6, 6.07) is 8.01. The second-order valence-electron chi connectivity index (χ2n) is 5.80. The Labute approximate surface area is 122 Å². The van der Waals surface area contributed by atoms with Gasteiger partial charge in [-0.05, 0) is 33.2 Å². The molecule has 2 rings (SSSR count). The third-order valence-corrected chi connectivity index (χ3v) is 5.34. The van der Waals surface area contributed by atoms with Crippen molar-refractivity contribution in [2.45, 2.75) is 38.9 Å². The van der Waals surface area contributed by atoms with E-state index >= 15 is 0 Å². The first-order chi connectivity index (χ1) is 9.30. The lowest BCUT2D eigenvalue weighted by Gasteiger charge is -2.32. The topological polar surface area (TPSA) is 36.9 Å². The van der Waals surface area contributed by atoms with Crippen molar-refractivity contribution in [3.8, 4) is 0 Å². The predicted octanol–water partition coefficient (Wildman–Crippen LogP) is 2.22. The van der Waals surface area contributed by atoms with Crippen LogP contribution < -0.4 is 10.8 Å². The van der Waals surface area contributed by atoms with Crippen molar-refractivity contribution in [2.75, 3.05) is 14.2 Å². The first-order valence-electron chi connectivity index (χ1n) is 6.64. The van der Waals surface area contributed by atoms with Crippen molar-refractivity contribution < 1.29 is 18.4 Å². The Morgan fingerprint density at radius 3 is 1.75 bits per heavy atom. The van der Waals surface area contributed by atoms with Gasteiger partial charge in [-0.2, -0.15) is 0 Å². The zero-order valence-electron chi connectivity index (χ0n) is 13.0. The molecule has 0 bridgehead atoms. The summed E-state index contributed by atoms with van der Waals surface area (Å²) in [6.07, 6.45) is 0. The monoisotopic (exact) mass is 296 g/mol. The van der Waals surface area contributed by atoms with Gasteiger partial charge in [0.15, 0.2) is 0 Å². The average molecular weight is 296 g/mol. The van der Waals surface area contributed by atoms with Crippen molar-refractivity contribution in [2.24, 2.45) is 0 Å². The summed E-state index contributed by atoms with van der Waals surface area (Å²) in [7, 11) is 1.98. The van der Waals surface area contributed by atoms with Crippen molar-refractivity contribution >= 4 is 26.3 Å². The predicted molar refractivity (Wildman–Crippen MR) is 82.7 cm³/mol. The molecule has 6 heteroatoms. The molecular weight excluding hydrogens is 274 g/mol. The van der Waals surface area contributed by atoms with Gasteiger partial charge >= 0.3 is 7.12 Å². The van der Waals surface area contributed by atoms with Crippen molar-refractivity contribution in [3.63, 3.8) is 0 Å². The van der Waals surface area contributed by atoms with Crippen LogP contribution in [0, 0.1) is 0 Å². The molecule has 0 unspecified atom stereocenters. The van der Waals surface area contributed by atoms with E-state index in [0.717, 1.165) is 10.8 Å². The summed E-state index contributed by atoms with van der Waals surface area (Å²) in [6.45, 7) is 8.21. The van der Waals surface area contributed by atoms with E-state index in [2.05, 4.69) is 27.7 Å². The number of hydrogen-bond donors (Lipinski definition) is 0. The standard InChI is InChI=1S/C14H22BO4P/c1-13(2)14(3,4)19-15(18-13)11-7-9-12(10-8-11)20(16-5)17-6/h7-10H,1-6H3. The van der Waals surface area contributed by atoms with Crippen LogP contribution in [-0.2, 0) is 18.4 Å². The van der Waals surface area contributed by atoms with Gasteiger partial charge < -0.3 is 18.4 Å². The van der Waals surface area contributed by atoms with Crippen LogP contribution in [0.2, 0.25) is 0 Å². The summed E-state index contributed by atoms with van der Waals surface area (Å²) in [5, 5.41) is 1.03. The Morgan fingerprint density at radius 2 is 1.35 bits per heavy atom. The van der Waals surface area contributed by atoms with E-state index in [1.54, 1.807) is 14.2 Å². The van der Waals surface area contributed by atoms with E-state index in [0.29, 0.717) is 0 Å². The Hall–Kier alpha value is -0.445. The molecule has 4 nitrogen and oxygen atoms in total. The van der Waals surface area contributed by atoms with Crippen LogP contribution in [0.15, 0.2) is 24.3 Å². The van der Waals surface area contributed by atoms with Crippen molar-refractivity contribution in [1.29, 1.82) is 0 Å². The summed E-state index contributed by atoms with van der Waals surface area (Å²) in [4.78, 5) is 0. The van der Waals surface area contributed by atoms with E-state index in [1.807, 2.05) is 24.3 Å². The molecule has 0 radical (unpaired) electrons. The zero-order chi connectivity index (χ0) is 15.0. The van der Waals surface area contributed by atoms with Crippen LogP contribution in [0.3, 0.4) is 0 Å². The minimum Gasteiger partial charge on any atom is -0.399 e. The lowest BCUT2D eigenvalue weighted by molar-refractivity contribution is 0.00578. The Balaban J connectivity index is 2.16. The van der Waals surface area contributed by atoms with E-state index in [4.69, 9.17) is 18.4 Å². The highest BCUT2D eigenvalue weighted by Crippen LogP contribution is 2.37. The molecule has 1 aromatic carbocycles. The summed E-state index contributed by atoms with van der Waals surface area (Å²) < 4.78 is 22.6. The lowest BCUT2D eigenvalue weighted by atomic mass is 9.79. The third kappa shape index (κ3) is 2.93. The Bertz CT molecular complexity index is 441. The molecule has 0 N–H and O–H groups in total. The minimum atomic E-state index is -0.995. The first kappa shape index (κ1) is 15.9. The number of benzene rings is 1. The molecule has 1 saturated heterocycles. The highest BCUT2D eigenvalue weighted by atomic mass is 31.2. The van der Waals surface area contributed by atoms with Gasteiger partial charge in [0.1, 0.15) is 0 Å². The molecule has 1 aliphatic rings. The third-order valence-electron chi connectivity index (χ3n) is 3.96. The number of hydrogen-bond acceptors (Lipinski definition) is 4. The van der Waals surface area contributed by atoms with Crippen LogP contribution in [0.1, 0.15) is 27.7 Å². The fourth-order valence-corrected chi connectivity index (χ4v) is 2.98. The van der Waals surface area contributed by atoms with Gasteiger partial charge in [0, 0.05) is 19.5 Å². The lowest BCUT2D eigenvalue weighted by Crippen LogP contribution is -2.41. The van der Waals surface area contributed by atoms with Crippen molar-refractivity contribution in [3.05, 3.63) is 24.3 Å². The van der Waals surface area contributed by atoms with E-state index < -0.39 is 8.38 Å².